The Bertz CT molecular complexity index is 150. The second kappa shape index (κ2) is 3.35. The molecule has 2 saturated heterocycles. The van der Waals surface area contributed by atoms with Gasteiger partial charge in [-0.05, 0) is 25.7 Å². The predicted molar refractivity (Wildman–Crippen MR) is 46.9 cm³/mol. The van der Waals surface area contributed by atoms with E-state index in [-0.39, 0.29) is 5.79 Å². The molecule has 0 bridgehead atoms. The molecule has 12 heavy (non-hydrogen) atoms. The van der Waals surface area contributed by atoms with Gasteiger partial charge in [-0.15, -0.1) is 0 Å². The minimum atomic E-state index is -0.154. The van der Waals surface area contributed by atoms with E-state index in [0.717, 1.165) is 25.9 Å². The van der Waals surface area contributed by atoms with Crippen LogP contribution in [0.1, 0.15) is 45.4 Å². The monoisotopic (exact) mass is 170 g/mol. The highest BCUT2D eigenvalue weighted by atomic mass is 16.7. The molecule has 2 heteroatoms. The van der Waals surface area contributed by atoms with Gasteiger partial charge in [0.25, 0.3) is 0 Å². The van der Waals surface area contributed by atoms with E-state index in [2.05, 4.69) is 6.92 Å². The van der Waals surface area contributed by atoms with Crippen molar-refractivity contribution in [1.82, 2.24) is 0 Å². The number of hydrogen-bond acceptors (Lipinski definition) is 2. The predicted octanol–water partition coefficient (Wildman–Crippen LogP) is 2.47. The third-order valence-corrected chi connectivity index (χ3v) is 3.00. The van der Waals surface area contributed by atoms with Crippen molar-refractivity contribution in [3.8, 4) is 0 Å². The Labute approximate surface area is 74.2 Å². The van der Waals surface area contributed by atoms with Crippen molar-refractivity contribution in [2.75, 3.05) is 6.61 Å². The van der Waals surface area contributed by atoms with Crippen molar-refractivity contribution in [1.29, 1.82) is 0 Å². The topological polar surface area (TPSA) is 18.5 Å². The van der Waals surface area contributed by atoms with Crippen LogP contribution in [0.15, 0.2) is 0 Å². The first-order valence-corrected chi connectivity index (χ1v) is 5.16. The molecular formula is C10H18O2. The Morgan fingerprint density at radius 2 is 2.25 bits per heavy atom. The normalized spacial score (nSPS) is 42.2. The molecule has 2 nitrogen and oxygen atoms in total. The molecule has 0 saturated carbocycles. The molecule has 0 N–H and O–H groups in total. The first-order chi connectivity index (χ1) is 5.85. The van der Waals surface area contributed by atoms with Gasteiger partial charge >= 0.3 is 0 Å². The van der Waals surface area contributed by atoms with Gasteiger partial charge in [0.1, 0.15) is 0 Å². The van der Waals surface area contributed by atoms with E-state index in [0.29, 0.717) is 6.10 Å². The van der Waals surface area contributed by atoms with Crippen molar-refractivity contribution < 1.29 is 9.47 Å². The van der Waals surface area contributed by atoms with Crippen LogP contribution in [0.3, 0.4) is 0 Å². The molecule has 1 spiro atoms. The summed E-state index contributed by atoms with van der Waals surface area (Å²) in [6.07, 6.45) is 7.50. The van der Waals surface area contributed by atoms with Gasteiger partial charge in [0.2, 0.25) is 0 Å². The van der Waals surface area contributed by atoms with Crippen LogP contribution in [0.2, 0.25) is 0 Å². The minimum Gasteiger partial charge on any atom is -0.350 e. The van der Waals surface area contributed by atoms with Crippen LogP contribution in [0.25, 0.3) is 0 Å². The smallest absolute Gasteiger partial charge is 0.168 e. The fraction of sp³-hybridized carbons (Fsp3) is 1.00. The van der Waals surface area contributed by atoms with E-state index in [9.17, 15) is 0 Å². The van der Waals surface area contributed by atoms with Crippen LogP contribution < -0.4 is 0 Å². The average Bonchev–Trinajstić information content (AvgIpc) is 2.50. The molecule has 0 aliphatic carbocycles. The molecule has 2 fully saturated rings. The number of ether oxygens (including phenoxy) is 2. The highest BCUT2D eigenvalue weighted by molar-refractivity contribution is 4.82. The van der Waals surface area contributed by atoms with Gasteiger partial charge in [-0.3, -0.25) is 0 Å². The average molecular weight is 170 g/mol. The standard InChI is InChI=1S/C10H18O2/c1-2-9-5-7-10(12-9)6-3-4-8-11-10/h9H,2-8H2,1H3/t9-,10?/m1/s1. The lowest BCUT2D eigenvalue weighted by Crippen LogP contribution is -2.36. The van der Waals surface area contributed by atoms with E-state index in [1.165, 1.54) is 19.3 Å². The molecule has 2 aliphatic rings. The molecule has 2 heterocycles. The third kappa shape index (κ3) is 1.50. The molecule has 0 aromatic rings. The van der Waals surface area contributed by atoms with Crippen molar-refractivity contribution in [2.45, 2.75) is 57.3 Å². The zero-order chi connectivity index (χ0) is 8.44. The van der Waals surface area contributed by atoms with Gasteiger partial charge in [-0.25, -0.2) is 0 Å². The first-order valence-electron chi connectivity index (χ1n) is 5.16. The fourth-order valence-corrected chi connectivity index (χ4v) is 2.21. The molecule has 2 atom stereocenters. The van der Waals surface area contributed by atoms with E-state index < -0.39 is 0 Å². The zero-order valence-corrected chi connectivity index (χ0v) is 7.84. The van der Waals surface area contributed by atoms with Crippen molar-refractivity contribution >= 4 is 0 Å². The van der Waals surface area contributed by atoms with Gasteiger partial charge in [-0.2, -0.15) is 0 Å². The fourth-order valence-electron chi connectivity index (χ4n) is 2.21. The summed E-state index contributed by atoms with van der Waals surface area (Å²) in [7, 11) is 0. The summed E-state index contributed by atoms with van der Waals surface area (Å²) in [6, 6.07) is 0. The van der Waals surface area contributed by atoms with Gasteiger partial charge in [-0.1, -0.05) is 6.92 Å². The van der Waals surface area contributed by atoms with Crippen LogP contribution in [0.5, 0.6) is 0 Å². The summed E-state index contributed by atoms with van der Waals surface area (Å²) >= 11 is 0. The van der Waals surface area contributed by atoms with Crippen molar-refractivity contribution in [3.63, 3.8) is 0 Å². The van der Waals surface area contributed by atoms with E-state index in [1.807, 2.05) is 0 Å². The molecule has 0 aromatic heterocycles. The van der Waals surface area contributed by atoms with E-state index >= 15 is 0 Å². The second-order valence-corrected chi connectivity index (χ2v) is 3.90. The van der Waals surface area contributed by atoms with Gasteiger partial charge in [0, 0.05) is 12.8 Å². The summed E-state index contributed by atoms with van der Waals surface area (Å²) in [5, 5.41) is 0. The third-order valence-electron chi connectivity index (χ3n) is 3.00. The summed E-state index contributed by atoms with van der Waals surface area (Å²) in [5.74, 6) is -0.154. The Kier molecular flexibility index (Phi) is 2.37. The Morgan fingerprint density at radius 1 is 1.33 bits per heavy atom. The minimum absolute atomic E-state index is 0.154. The Morgan fingerprint density at radius 3 is 2.83 bits per heavy atom. The summed E-state index contributed by atoms with van der Waals surface area (Å²) in [4.78, 5) is 0. The summed E-state index contributed by atoms with van der Waals surface area (Å²) in [5.41, 5.74) is 0. The lowest BCUT2D eigenvalue weighted by molar-refractivity contribution is -0.244. The van der Waals surface area contributed by atoms with Gasteiger partial charge in [0.05, 0.1) is 12.7 Å². The molecule has 2 aliphatic heterocycles. The van der Waals surface area contributed by atoms with Crippen LogP contribution >= 0.6 is 0 Å². The van der Waals surface area contributed by atoms with Crippen LogP contribution in [-0.4, -0.2) is 18.5 Å². The van der Waals surface area contributed by atoms with Crippen molar-refractivity contribution in [3.05, 3.63) is 0 Å². The van der Waals surface area contributed by atoms with Gasteiger partial charge in [0.15, 0.2) is 5.79 Å². The van der Waals surface area contributed by atoms with Crippen LogP contribution in [-0.2, 0) is 9.47 Å². The highest BCUT2D eigenvalue weighted by Gasteiger charge is 2.41. The quantitative estimate of drug-likeness (QED) is 0.602. The van der Waals surface area contributed by atoms with Crippen LogP contribution in [0, 0.1) is 0 Å². The lowest BCUT2D eigenvalue weighted by Gasteiger charge is -2.33. The first kappa shape index (κ1) is 8.52. The number of rotatable bonds is 1. The molecule has 70 valence electrons. The Balaban J connectivity index is 1.94. The van der Waals surface area contributed by atoms with Crippen molar-refractivity contribution in [2.24, 2.45) is 0 Å². The Hall–Kier alpha value is -0.0800. The molecule has 1 unspecified atom stereocenters. The highest BCUT2D eigenvalue weighted by Crippen LogP contribution is 2.39. The zero-order valence-electron chi connectivity index (χ0n) is 7.84. The maximum Gasteiger partial charge on any atom is 0.168 e. The summed E-state index contributed by atoms with van der Waals surface area (Å²) < 4.78 is 11.7. The molecule has 0 amide bonds. The van der Waals surface area contributed by atoms with E-state index in [4.69, 9.17) is 9.47 Å². The second-order valence-electron chi connectivity index (χ2n) is 3.90. The number of hydrogen-bond donors (Lipinski definition) is 0. The molecule has 0 aromatic carbocycles. The van der Waals surface area contributed by atoms with Crippen LogP contribution in [0.4, 0.5) is 0 Å². The van der Waals surface area contributed by atoms with Gasteiger partial charge < -0.3 is 9.47 Å². The maximum absolute atomic E-state index is 5.92. The lowest BCUT2D eigenvalue weighted by atomic mass is 10.0. The molecular weight excluding hydrogens is 152 g/mol. The summed E-state index contributed by atoms with van der Waals surface area (Å²) in [6.45, 7) is 3.09. The SMILES string of the molecule is CC[C@@H]1CCC2(CCCCO2)O1. The molecule has 0 radical (unpaired) electrons. The molecule has 2 rings (SSSR count). The van der Waals surface area contributed by atoms with E-state index in [1.54, 1.807) is 0 Å². The largest absolute Gasteiger partial charge is 0.350 e. The maximum atomic E-state index is 5.92.